The van der Waals surface area contributed by atoms with Crippen LogP contribution in [0.5, 0.6) is 0 Å². The number of aliphatic imine (C=N–C) groups is 1. The zero-order chi connectivity index (χ0) is 20.8. The fourth-order valence-electron chi connectivity index (χ4n) is 2.42. The lowest BCUT2D eigenvalue weighted by Gasteiger charge is -2.24. The number of hydrogen-bond donors (Lipinski definition) is 3. The minimum Gasteiger partial charge on any atom is -0.384 e. The number of guanidine groups is 1. The maximum absolute atomic E-state index is 12.1. The van der Waals surface area contributed by atoms with E-state index in [1.54, 1.807) is 42.5 Å². The molecule has 28 heavy (non-hydrogen) atoms. The Morgan fingerprint density at radius 1 is 1.21 bits per heavy atom. The molecular weight excluding hydrogens is 396 g/mol. The van der Waals surface area contributed by atoms with Gasteiger partial charge in [0.15, 0.2) is 5.96 Å². The fourth-order valence-corrected chi connectivity index (χ4v) is 4.10. The summed E-state index contributed by atoms with van der Waals surface area (Å²) in [5, 5.41) is 20.8. The van der Waals surface area contributed by atoms with Gasteiger partial charge in [-0.05, 0) is 53.9 Å². The summed E-state index contributed by atoms with van der Waals surface area (Å²) in [5.74, 6) is 0.586. The topological polar surface area (TPSA) is 94.0 Å². The van der Waals surface area contributed by atoms with Crippen LogP contribution in [0.15, 0.2) is 51.0 Å². The van der Waals surface area contributed by atoms with E-state index < -0.39 is 15.6 Å². The van der Waals surface area contributed by atoms with E-state index in [4.69, 9.17) is 0 Å². The van der Waals surface area contributed by atoms with E-state index in [2.05, 4.69) is 15.6 Å². The normalized spacial score (nSPS) is 14.7. The molecule has 0 aliphatic heterocycles. The van der Waals surface area contributed by atoms with E-state index in [0.717, 1.165) is 11.1 Å². The first-order chi connectivity index (χ1) is 13.2. The van der Waals surface area contributed by atoms with Gasteiger partial charge < -0.3 is 15.7 Å². The van der Waals surface area contributed by atoms with Crippen LogP contribution in [0.3, 0.4) is 0 Å². The second-order valence-electron chi connectivity index (χ2n) is 6.77. The van der Waals surface area contributed by atoms with Crippen LogP contribution in [-0.2, 0) is 22.2 Å². The number of thiophene rings is 1. The van der Waals surface area contributed by atoms with E-state index in [1.807, 2.05) is 23.8 Å². The Labute approximate surface area is 171 Å². The first-order valence-electron chi connectivity index (χ1n) is 8.95. The molecule has 0 saturated heterocycles. The molecule has 0 aliphatic carbocycles. The number of benzene rings is 1. The van der Waals surface area contributed by atoms with Gasteiger partial charge in [-0.1, -0.05) is 12.1 Å². The van der Waals surface area contributed by atoms with Crippen molar-refractivity contribution in [1.82, 2.24) is 14.9 Å². The van der Waals surface area contributed by atoms with Gasteiger partial charge in [0.2, 0.25) is 10.0 Å². The molecule has 0 aliphatic rings. The zero-order valence-corrected chi connectivity index (χ0v) is 18.3. The summed E-state index contributed by atoms with van der Waals surface area (Å²) in [5.41, 5.74) is 0.747. The van der Waals surface area contributed by atoms with Gasteiger partial charge in [-0.25, -0.2) is 17.7 Å². The summed E-state index contributed by atoms with van der Waals surface area (Å²) in [6.07, 6.45) is 0. The summed E-state index contributed by atoms with van der Waals surface area (Å²) in [6, 6.07) is 8.58. The van der Waals surface area contributed by atoms with Crippen molar-refractivity contribution in [3.63, 3.8) is 0 Å². The molecule has 0 fully saturated rings. The number of sulfonamides is 1. The Kier molecular flexibility index (Phi) is 7.59. The third-order valence-corrected chi connectivity index (χ3v) is 6.72. The lowest BCUT2D eigenvalue weighted by molar-refractivity contribution is 0.0621. The monoisotopic (exact) mass is 424 g/mol. The van der Waals surface area contributed by atoms with Crippen LogP contribution in [0.2, 0.25) is 0 Å². The average molecular weight is 425 g/mol. The van der Waals surface area contributed by atoms with E-state index in [9.17, 15) is 13.5 Å². The number of hydrogen-bond acceptors (Lipinski definition) is 5. The van der Waals surface area contributed by atoms with Gasteiger partial charge in [0.05, 0.1) is 18.0 Å². The quantitative estimate of drug-likeness (QED) is 0.445. The molecule has 1 unspecified atom stereocenters. The minimum absolute atomic E-state index is 0.252. The third kappa shape index (κ3) is 5.78. The first-order valence-corrected chi connectivity index (χ1v) is 11.3. The number of aliphatic hydroxyl groups is 1. The lowest BCUT2D eigenvalue weighted by atomic mass is 9.99. The van der Waals surface area contributed by atoms with E-state index in [-0.39, 0.29) is 4.90 Å². The fraction of sp³-hybridized carbons (Fsp3) is 0.421. The predicted molar refractivity (Wildman–Crippen MR) is 114 cm³/mol. The number of rotatable bonds is 8. The number of nitrogens with one attached hydrogen (secondary N) is 2. The van der Waals surface area contributed by atoms with Crippen LogP contribution < -0.4 is 10.6 Å². The Morgan fingerprint density at radius 3 is 2.43 bits per heavy atom. The Bertz CT molecular complexity index is 874. The summed E-state index contributed by atoms with van der Waals surface area (Å²) in [7, 11) is -0.420. The lowest BCUT2D eigenvalue weighted by Crippen LogP contribution is -2.44. The van der Waals surface area contributed by atoms with Gasteiger partial charge >= 0.3 is 0 Å². The summed E-state index contributed by atoms with van der Waals surface area (Å²) in [6.45, 7) is 5.12. The highest BCUT2D eigenvalue weighted by atomic mass is 32.2. The molecule has 9 heteroatoms. The summed E-state index contributed by atoms with van der Waals surface area (Å²) >= 11 is 1.54. The van der Waals surface area contributed by atoms with Gasteiger partial charge in [0.25, 0.3) is 0 Å². The molecule has 2 rings (SSSR count). The second kappa shape index (κ2) is 9.51. The second-order valence-corrected chi connectivity index (χ2v) is 9.70. The van der Waals surface area contributed by atoms with Gasteiger partial charge in [-0.2, -0.15) is 11.3 Å². The maximum atomic E-state index is 12.1. The Morgan fingerprint density at radius 2 is 1.89 bits per heavy atom. The van der Waals surface area contributed by atoms with Crippen molar-refractivity contribution in [1.29, 1.82) is 0 Å². The molecule has 0 bridgehead atoms. The molecular formula is C19H28N4O3S2. The first kappa shape index (κ1) is 22.4. The summed E-state index contributed by atoms with van der Waals surface area (Å²) < 4.78 is 25.4. The van der Waals surface area contributed by atoms with Crippen LogP contribution >= 0.6 is 11.3 Å². The molecule has 0 spiro atoms. The van der Waals surface area contributed by atoms with Gasteiger partial charge in [0.1, 0.15) is 5.60 Å². The van der Waals surface area contributed by atoms with Gasteiger partial charge in [0, 0.05) is 20.6 Å². The Hall–Kier alpha value is -1.94. The van der Waals surface area contributed by atoms with Gasteiger partial charge in [-0.3, -0.25) is 0 Å². The molecule has 154 valence electrons. The molecule has 7 nitrogen and oxygen atoms in total. The number of nitrogens with zero attached hydrogens (tertiary/aromatic N) is 2. The third-order valence-electron chi connectivity index (χ3n) is 4.21. The van der Waals surface area contributed by atoms with Crippen molar-refractivity contribution in [2.45, 2.75) is 30.9 Å². The standard InChI is InChI=1S/C19H28N4O3S2/c1-5-20-18(22-14-19(2,24)16-10-11-27-13-16)21-12-15-6-8-17(9-7-15)28(25,26)23(3)4/h6-11,13,24H,5,12,14H2,1-4H3,(H2,20,21,22). The smallest absolute Gasteiger partial charge is 0.242 e. The van der Waals surface area contributed by atoms with Gasteiger partial charge in [-0.15, -0.1) is 0 Å². The molecule has 1 aromatic carbocycles. The van der Waals surface area contributed by atoms with Crippen molar-refractivity contribution in [3.05, 3.63) is 52.2 Å². The average Bonchev–Trinajstić information content (AvgIpc) is 3.20. The molecule has 3 N–H and O–H groups in total. The van der Waals surface area contributed by atoms with E-state index in [0.29, 0.717) is 25.6 Å². The highest BCUT2D eigenvalue weighted by Crippen LogP contribution is 2.22. The highest BCUT2D eigenvalue weighted by Gasteiger charge is 2.23. The highest BCUT2D eigenvalue weighted by molar-refractivity contribution is 7.89. The molecule has 1 atom stereocenters. The molecule has 1 aromatic heterocycles. The van der Waals surface area contributed by atoms with Crippen LogP contribution in [0, 0.1) is 0 Å². The minimum atomic E-state index is -3.43. The van der Waals surface area contributed by atoms with Crippen LogP contribution in [0.1, 0.15) is 25.0 Å². The predicted octanol–water partition coefficient (Wildman–Crippen LogP) is 1.96. The molecule has 1 heterocycles. The summed E-state index contributed by atoms with van der Waals surface area (Å²) in [4.78, 5) is 4.77. The van der Waals surface area contributed by atoms with Crippen LogP contribution in [0.4, 0.5) is 0 Å². The van der Waals surface area contributed by atoms with E-state index >= 15 is 0 Å². The SMILES string of the molecule is CCNC(=NCc1ccc(S(=O)(=O)N(C)C)cc1)NCC(C)(O)c1ccsc1. The molecule has 0 amide bonds. The van der Waals surface area contributed by atoms with Crippen LogP contribution in [-0.4, -0.2) is 51.0 Å². The van der Waals surface area contributed by atoms with Crippen molar-refractivity contribution in [2.24, 2.45) is 4.99 Å². The molecule has 0 radical (unpaired) electrons. The molecule has 0 saturated carbocycles. The zero-order valence-electron chi connectivity index (χ0n) is 16.6. The van der Waals surface area contributed by atoms with Crippen molar-refractivity contribution in [3.8, 4) is 0 Å². The van der Waals surface area contributed by atoms with E-state index in [1.165, 1.54) is 18.4 Å². The van der Waals surface area contributed by atoms with Crippen molar-refractivity contribution < 1.29 is 13.5 Å². The molecule has 2 aromatic rings. The van der Waals surface area contributed by atoms with Crippen LogP contribution in [0.25, 0.3) is 0 Å². The maximum Gasteiger partial charge on any atom is 0.242 e. The van der Waals surface area contributed by atoms with Crippen molar-refractivity contribution in [2.75, 3.05) is 27.2 Å². The Balaban J connectivity index is 2.04. The largest absolute Gasteiger partial charge is 0.384 e. The van der Waals surface area contributed by atoms with Crippen molar-refractivity contribution >= 4 is 27.3 Å².